The van der Waals surface area contributed by atoms with E-state index in [1.54, 1.807) is 11.3 Å². The minimum absolute atomic E-state index is 0.000719. The summed E-state index contributed by atoms with van der Waals surface area (Å²) in [5.74, 6) is 0.934. The second-order valence-corrected chi connectivity index (χ2v) is 8.21. The number of carbonyl (C=O) groups excluding carboxylic acids is 1. The molecular formula is C22H25N3O2S. The molecule has 1 amide bonds. The Labute approximate surface area is 169 Å². The third-order valence-corrected chi connectivity index (χ3v) is 6.09. The second-order valence-electron chi connectivity index (χ2n) is 7.21. The SMILES string of the molecule is Cc1ccc2nc(N3CCCC(C(=O)NCCOc4ccccc4)C3)sc2c1. The Hall–Kier alpha value is -2.60. The first-order valence-electron chi connectivity index (χ1n) is 9.77. The molecule has 1 saturated heterocycles. The van der Waals surface area contributed by atoms with Crippen LogP contribution in [-0.4, -0.2) is 37.1 Å². The van der Waals surface area contributed by atoms with Gasteiger partial charge in [-0.3, -0.25) is 4.79 Å². The number of benzene rings is 2. The van der Waals surface area contributed by atoms with Crippen LogP contribution in [0.1, 0.15) is 18.4 Å². The molecule has 5 nitrogen and oxygen atoms in total. The molecule has 0 saturated carbocycles. The monoisotopic (exact) mass is 395 g/mol. The van der Waals surface area contributed by atoms with Gasteiger partial charge in [-0.15, -0.1) is 0 Å². The average Bonchev–Trinajstić information content (AvgIpc) is 3.15. The van der Waals surface area contributed by atoms with Gasteiger partial charge in [-0.1, -0.05) is 35.6 Å². The van der Waals surface area contributed by atoms with Crippen molar-refractivity contribution in [2.45, 2.75) is 19.8 Å². The molecule has 0 bridgehead atoms. The lowest BCUT2D eigenvalue weighted by Crippen LogP contribution is -2.43. The van der Waals surface area contributed by atoms with E-state index in [4.69, 9.17) is 9.72 Å². The maximum Gasteiger partial charge on any atom is 0.225 e. The minimum atomic E-state index is -0.000719. The van der Waals surface area contributed by atoms with E-state index in [-0.39, 0.29) is 11.8 Å². The van der Waals surface area contributed by atoms with Crippen LogP contribution in [0.3, 0.4) is 0 Å². The van der Waals surface area contributed by atoms with E-state index in [1.807, 2.05) is 30.3 Å². The predicted molar refractivity (Wildman–Crippen MR) is 114 cm³/mol. The number of aromatic nitrogens is 1. The van der Waals surface area contributed by atoms with Crippen LogP contribution in [-0.2, 0) is 4.79 Å². The molecule has 0 radical (unpaired) electrons. The van der Waals surface area contributed by atoms with Crippen LogP contribution < -0.4 is 15.0 Å². The fourth-order valence-corrected chi connectivity index (χ4v) is 4.62. The topological polar surface area (TPSA) is 54.5 Å². The predicted octanol–water partition coefficient (Wildman–Crippen LogP) is 4.02. The van der Waals surface area contributed by atoms with Crippen molar-refractivity contribution in [2.75, 3.05) is 31.1 Å². The van der Waals surface area contributed by atoms with Gasteiger partial charge in [0.25, 0.3) is 0 Å². The lowest BCUT2D eigenvalue weighted by molar-refractivity contribution is -0.125. The summed E-state index contributed by atoms with van der Waals surface area (Å²) in [4.78, 5) is 19.6. The van der Waals surface area contributed by atoms with Crippen LogP contribution in [0.4, 0.5) is 5.13 Å². The van der Waals surface area contributed by atoms with Gasteiger partial charge in [-0.05, 0) is 49.6 Å². The number of thiazole rings is 1. The Morgan fingerprint density at radius 1 is 1.29 bits per heavy atom. The summed E-state index contributed by atoms with van der Waals surface area (Å²) in [6.07, 6.45) is 1.93. The van der Waals surface area contributed by atoms with Gasteiger partial charge >= 0.3 is 0 Å². The number of piperidine rings is 1. The minimum Gasteiger partial charge on any atom is -0.492 e. The largest absolute Gasteiger partial charge is 0.492 e. The second kappa shape index (κ2) is 8.61. The molecule has 1 aliphatic rings. The Bertz CT molecular complexity index is 941. The van der Waals surface area contributed by atoms with Crippen LogP contribution in [0.25, 0.3) is 10.2 Å². The number of rotatable bonds is 6. The maximum atomic E-state index is 12.6. The molecule has 28 heavy (non-hydrogen) atoms. The van der Waals surface area contributed by atoms with Gasteiger partial charge in [0, 0.05) is 13.1 Å². The third kappa shape index (κ3) is 4.44. The van der Waals surface area contributed by atoms with Crippen molar-refractivity contribution in [1.82, 2.24) is 10.3 Å². The van der Waals surface area contributed by atoms with E-state index in [1.165, 1.54) is 10.3 Å². The average molecular weight is 396 g/mol. The number of hydrogen-bond acceptors (Lipinski definition) is 5. The molecule has 1 fully saturated rings. The maximum absolute atomic E-state index is 12.6. The molecule has 2 heterocycles. The number of nitrogens with one attached hydrogen (secondary N) is 1. The molecule has 1 aromatic heterocycles. The number of ether oxygens (including phenoxy) is 1. The van der Waals surface area contributed by atoms with E-state index in [0.717, 1.165) is 42.3 Å². The standard InChI is InChI=1S/C22H25N3O2S/c1-16-9-10-19-20(14-16)28-22(24-19)25-12-5-6-17(15-25)21(26)23-11-13-27-18-7-3-2-4-8-18/h2-4,7-10,14,17H,5-6,11-13,15H2,1H3,(H,23,26). The highest BCUT2D eigenvalue weighted by Gasteiger charge is 2.27. The van der Waals surface area contributed by atoms with E-state index in [9.17, 15) is 4.79 Å². The van der Waals surface area contributed by atoms with E-state index in [2.05, 4.69) is 35.3 Å². The van der Waals surface area contributed by atoms with Crippen molar-refractivity contribution in [3.63, 3.8) is 0 Å². The van der Waals surface area contributed by atoms with Crippen LogP contribution in [0.2, 0.25) is 0 Å². The van der Waals surface area contributed by atoms with Gasteiger partial charge in [0.1, 0.15) is 12.4 Å². The Balaban J connectivity index is 1.30. The van der Waals surface area contributed by atoms with Crippen LogP contribution in [0, 0.1) is 12.8 Å². The van der Waals surface area contributed by atoms with E-state index in [0.29, 0.717) is 13.2 Å². The fraction of sp³-hybridized carbons (Fsp3) is 0.364. The highest BCUT2D eigenvalue weighted by molar-refractivity contribution is 7.22. The molecule has 1 unspecified atom stereocenters. The quantitative estimate of drug-likeness (QED) is 0.641. The van der Waals surface area contributed by atoms with Gasteiger partial charge in [0.05, 0.1) is 22.7 Å². The number of carbonyl (C=O) groups is 1. The number of hydrogen-bond donors (Lipinski definition) is 1. The van der Waals surface area contributed by atoms with Crippen molar-refractivity contribution in [3.8, 4) is 5.75 Å². The number of para-hydroxylation sites is 1. The van der Waals surface area contributed by atoms with E-state index < -0.39 is 0 Å². The van der Waals surface area contributed by atoms with Gasteiger partial charge in [0.2, 0.25) is 5.91 Å². The molecule has 4 rings (SSSR count). The van der Waals surface area contributed by atoms with E-state index >= 15 is 0 Å². The number of fused-ring (bicyclic) bond motifs is 1. The summed E-state index contributed by atoms with van der Waals surface area (Å²) in [6, 6.07) is 16.0. The Morgan fingerprint density at radius 2 is 2.14 bits per heavy atom. The van der Waals surface area contributed by atoms with Crippen molar-refractivity contribution in [1.29, 1.82) is 0 Å². The summed E-state index contributed by atoms with van der Waals surface area (Å²) in [6.45, 7) is 4.78. The number of anilines is 1. The van der Waals surface area contributed by atoms with Crippen molar-refractivity contribution >= 4 is 32.6 Å². The molecule has 1 N–H and O–H groups in total. The zero-order valence-electron chi connectivity index (χ0n) is 16.1. The first-order valence-corrected chi connectivity index (χ1v) is 10.6. The van der Waals surface area contributed by atoms with Crippen LogP contribution in [0.15, 0.2) is 48.5 Å². The summed E-state index contributed by atoms with van der Waals surface area (Å²) < 4.78 is 6.85. The van der Waals surface area contributed by atoms with Gasteiger partial charge in [-0.25, -0.2) is 4.98 Å². The first-order chi connectivity index (χ1) is 13.7. The third-order valence-electron chi connectivity index (χ3n) is 5.01. The van der Waals surface area contributed by atoms with Crippen molar-refractivity contribution < 1.29 is 9.53 Å². The molecule has 3 aromatic rings. The van der Waals surface area contributed by atoms with Crippen LogP contribution >= 0.6 is 11.3 Å². The molecule has 1 atom stereocenters. The molecule has 0 aliphatic carbocycles. The van der Waals surface area contributed by atoms with Crippen molar-refractivity contribution in [2.24, 2.45) is 5.92 Å². The molecule has 1 aliphatic heterocycles. The molecule has 0 spiro atoms. The summed E-state index contributed by atoms with van der Waals surface area (Å²) >= 11 is 1.71. The number of nitrogens with zero attached hydrogens (tertiary/aromatic N) is 2. The normalized spacial score (nSPS) is 16.9. The highest BCUT2D eigenvalue weighted by atomic mass is 32.1. The highest BCUT2D eigenvalue weighted by Crippen LogP contribution is 2.32. The van der Waals surface area contributed by atoms with Crippen molar-refractivity contribution in [3.05, 3.63) is 54.1 Å². The number of aryl methyl sites for hydroxylation is 1. The molecule has 6 heteroatoms. The van der Waals surface area contributed by atoms with Gasteiger partial charge in [-0.2, -0.15) is 0 Å². The zero-order chi connectivity index (χ0) is 19.3. The summed E-state index contributed by atoms with van der Waals surface area (Å²) in [5.41, 5.74) is 2.28. The Kier molecular flexibility index (Phi) is 5.76. The zero-order valence-corrected chi connectivity index (χ0v) is 16.9. The summed E-state index contributed by atoms with van der Waals surface area (Å²) in [7, 11) is 0. The summed E-state index contributed by atoms with van der Waals surface area (Å²) in [5, 5.41) is 4.04. The molecular weight excluding hydrogens is 370 g/mol. The Morgan fingerprint density at radius 3 is 3.00 bits per heavy atom. The van der Waals surface area contributed by atoms with Gasteiger partial charge in [0.15, 0.2) is 5.13 Å². The van der Waals surface area contributed by atoms with Crippen LogP contribution in [0.5, 0.6) is 5.75 Å². The molecule has 2 aromatic carbocycles. The lowest BCUT2D eigenvalue weighted by Gasteiger charge is -2.31. The smallest absolute Gasteiger partial charge is 0.225 e. The lowest BCUT2D eigenvalue weighted by atomic mass is 9.97. The fourth-order valence-electron chi connectivity index (χ4n) is 3.52. The molecule has 146 valence electrons. The van der Waals surface area contributed by atoms with Gasteiger partial charge < -0.3 is 15.0 Å². The number of amides is 1. The first kappa shape index (κ1) is 18.7.